The molecule has 1 saturated heterocycles. The molecule has 3 N–H and O–H groups in total. The molecular formula is C26H23N3O3. The highest BCUT2D eigenvalue weighted by atomic mass is 16.3. The van der Waals surface area contributed by atoms with Crippen molar-refractivity contribution in [3.05, 3.63) is 76.9 Å². The smallest absolute Gasteiger partial charge is 0.154 e. The van der Waals surface area contributed by atoms with Crippen molar-refractivity contribution >= 4 is 21.5 Å². The van der Waals surface area contributed by atoms with Gasteiger partial charge in [-0.3, -0.25) is 14.9 Å². The molecule has 4 aromatic carbocycles. The molecule has 0 aliphatic carbocycles. The van der Waals surface area contributed by atoms with Crippen molar-refractivity contribution in [1.82, 2.24) is 4.90 Å². The third kappa shape index (κ3) is 2.83. The van der Waals surface area contributed by atoms with E-state index < -0.39 is 5.66 Å². The summed E-state index contributed by atoms with van der Waals surface area (Å²) in [5.74, 6) is -0.116. The molecular weight excluding hydrogens is 402 g/mol. The lowest BCUT2D eigenvalue weighted by atomic mass is 9.98. The van der Waals surface area contributed by atoms with Crippen LogP contribution in [0.5, 0.6) is 17.2 Å². The molecule has 0 bridgehead atoms. The number of phenolic OH excluding ortho intramolecular Hbond substituents is 3. The third-order valence-electron chi connectivity index (χ3n) is 6.74. The average molecular weight is 425 g/mol. The molecule has 6 heteroatoms. The zero-order valence-electron chi connectivity index (χ0n) is 17.5. The second-order valence-electron chi connectivity index (χ2n) is 8.72. The average Bonchev–Trinajstić information content (AvgIpc) is 3.17. The number of hydrogen-bond donors (Lipinski definition) is 3. The summed E-state index contributed by atoms with van der Waals surface area (Å²) in [6.45, 7) is 2.68. The molecule has 2 aliphatic rings. The molecule has 1 spiro atoms. The van der Waals surface area contributed by atoms with Crippen LogP contribution in [0.4, 0.5) is 0 Å². The van der Waals surface area contributed by atoms with E-state index in [4.69, 9.17) is 9.98 Å². The van der Waals surface area contributed by atoms with Gasteiger partial charge in [-0.1, -0.05) is 42.5 Å². The summed E-state index contributed by atoms with van der Waals surface area (Å²) in [4.78, 5) is 12.4. The van der Waals surface area contributed by atoms with Gasteiger partial charge in [-0.05, 0) is 23.8 Å². The number of fused-ring (bicyclic) bond motifs is 4. The van der Waals surface area contributed by atoms with Crippen LogP contribution < -0.4 is 10.7 Å². The van der Waals surface area contributed by atoms with Crippen LogP contribution in [-0.2, 0) is 6.54 Å². The van der Waals surface area contributed by atoms with Gasteiger partial charge in [0.05, 0.1) is 21.5 Å². The lowest BCUT2D eigenvalue weighted by Gasteiger charge is -2.35. The van der Waals surface area contributed by atoms with Gasteiger partial charge in [-0.15, -0.1) is 0 Å². The summed E-state index contributed by atoms with van der Waals surface area (Å²) in [5.41, 5.74) is 0.754. The number of hydrogen-bond acceptors (Lipinski definition) is 6. The van der Waals surface area contributed by atoms with Crippen molar-refractivity contribution in [3.63, 3.8) is 0 Å². The van der Waals surface area contributed by atoms with E-state index in [-0.39, 0.29) is 22.6 Å². The molecule has 1 fully saturated rings. The Morgan fingerprint density at radius 1 is 0.750 bits per heavy atom. The third-order valence-corrected chi connectivity index (χ3v) is 6.74. The van der Waals surface area contributed by atoms with Gasteiger partial charge < -0.3 is 15.3 Å². The highest BCUT2D eigenvalue weighted by molar-refractivity contribution is 6.12. The van der Waals surface area contributed by atoms with Gasteiger partial charge in [0.15, 0.2) is 5.66 Å². The molecule has 2 heterocycles. The van der Waals surface area contributed by atoms with Crippen LogP contribution in [0.3, 0.4) is 0 Å². The number of benzene rings is 4. The molecule has 0 atom stereocenters. The molecule has 32 heavy (non-hydrogen) atoms. The first-order valence-electron chi connectivity index (χ1n) is 10.9. The standard InChI is InChI=1S/C26H23N3O3/c30-20-8-4-7-17-21(20)25(32)22-18(24(17)31)9-10-19-23(22)28-26(27-19)11-13-29(14-12-26)15-16-5-2-1-3-6-16/h1-10,30-32H,11-15H2. The summed E-state index contributed by atoms with van der Waals surface area (Å²) in [7, 11) is 0. The van der Waals surface area contributed by atoms with E-state index in [1.807, 2.05) is 12.1 Å². The number of likely N-dealkylation sites (tertiary alicyclic amines) is 1. The van der Waals surface area contributed by atoms with Gasteiger partial charge >= 0.3 is 0 Å². The number of rotatable bonds is 2. The summed E-state index contributed by atoms with van der Waals surface area (Å²) >= 11 is 0. The maximum atomic E-state index is 11.1. The number of nitrogens with zero attached hydrogens (tertiary/aromatic N) is 3. The van der Waals surface area contributed by atoms with Crippen LogP contribution >= 0.6 is 0 Å². The zero-order chi connectivity index (χ0) is 21.9. The summed E-state index contributed by atoms with van der Waals surface area (Å²) in [6, 6.07) is 18.9. The Hall–Kier alpha value is -3.64. The minimum atomic E-state index is -0.542. The van der Waals surface area contributed by atoms with Gasteiger partial charge in [0.2, 0.25) is 0 Å². The summed E-state index contributed by atoms with van der Waals surface area (Å²) in [6.07, 6.45) is 1.59. The highest BCUT2D eigenvalue weighted by Crippen LogP contribution is 2.43. The van der Waals surface area contributed by atoms with Crippen LogP contribution in [0, 0.1) is 0 Å². The number of aromatic hydroxyl groups is 3. The second kappa shape index (κ2) is 6.93. The Bertz CT molecular complexity index is 1490. The molecule has 160 valence electrons. The van der Waals surface area contributed by atoms with Crippen molar-refractivity contribution in [2.24, 2.45) is 9.98 Å². The van der Waals surface area contributed by atoms with Gasteiger partial charge in [-0.25, -0.2) is 0 Å². The van der Waals surface area contributed by atoms with E-state index in [9.17, 15) is 15.3 Å². The largest absolute Gasteiger partial charge is 0.507 e. The molecule has 6 nitrogen and oxygen atoms in total. The molecule has 0 radical (unpaired) electrons. The topological polar surface area (TPSA) is 88.6 Å². The number of piperidine rings is 1. The fourth-order valence-electron chi connectivity index (χ4n) is 5.07. The first kappa shape index (κ1) is 19.1. The van der Waals surface area contributed by atoms with E-state index in [2.05, 4.69) is 29.2 Å². The second-order valence-corrected chi connectivity index (χ2v) is 8.72. The number of phenols is 3. The van der Waals surface area contributed by atoms with Gasteiger partial charge in [0, 0.05) is 43.2 Å². The van der Waals surface area contributed by atoms with Crippen molar-refractivity contribution in [3.8, 4) is 17.2 Å². The monoisotopic (exact) mass is 425 g/mol. The van der Waals surface area contributed by atoms with Crippen molar-refractivity contribution in [1.29, 1.82) is 0 Å². The van der Waals surface area contributed by atoms with Crippen molar-refractivity contribution < 1.29 is 15.3 Å². The first-order chi connectivity index (χ1) is 15.5. The van der Waals surface area contributed by atoms with E-state index >= 15 is 0 Å². The van der Waals surface area contributed by atoms with Gasteiger partial charge in [-0.2, -0.15) is 0 Å². The van der Waals surface area contributed by atoms with E-state index in [1.165, 1.54) is 11.6 Å². The molecule has 6 rings (SSSR count). The van der Waals surface area contributed by atoms with Crippen LogP contribution in [-0.4, -0.2) is 39.0 Å². The van der Waals surface area contributed by atoms with Gasteiger partial charge in [0.1, 0.15) is 17.2 Å². The molecule has 0 aromatic heterocycles. The van der Waals surface area contributed by atoms with Crippen LogP contribution in [0.25, 0.3) is 21.5 Å². The molecule has 0 unspecified atom stereocenters. The molecule has 0 amide bonds. The minimum absolute atomic E-state index is 0.0281. The molecule has 0 saturated carbocycles. The van der Waals surface area contributed by atoms with Crippen LogP contribution in [0.1, 0.15) is 18.4 Å². The minimum Gasteiger partial charge on any atom is -0.507 e. The van der Waals surface area contributed by atoms with Crippen LogP contribution in [0.2, 0.25) is 0 Å². The Morgan fingerprint density at radius 3 is 2.28 bits per heavy atom. The predicted octanol–water partition coefficient (Wildman–Crippen LogP) is 3.35. The zero-order valence-corrected chi connectivity index (χ0v) is 17.5. The van der Waals surface area contributed by atoms with E-state index in [0.717, 1.165) is 37.8 Å². The van der Waals surface area contributed by atoms with Crippen molar-refractivity contribution in [2.75, 3.05) is 13.1 Å². The first-order valence-corrected chi connectivity index (χ1v) is 10.9. The Morgan fingerprint density at radius 2 is 1.50 bits per heavy atom. The molecule has 2 aliphatic heterocycles. The summed E-state index contributed by atoms with van der Waals surface area (Å²) < 4.78 is 0. The Labute approximate surface area is 184 Å². The lowest BCUT2D eigenvalue weighted by Crippen LogP contribution is -2.41. The van der Waals surface area contributed by atoms with Crippen LogP contribution in [0.15, 0.2) is 70.6 Å². The van der Waals surface area contributed by atoms with E-state index in [1.54, 1.807) is 18.2 Å². The fraction of sp³-hybridized carbons (Fsp3) is 0.231. The Kier molecular flexibility index (Phi) is 4.13. The lowest BCUT2D eigenvalue weighted by molar-refractivity contribution is 0.160. The maximum Gasteiger partial charge on any atom is 0.154 e. The quantitative estimate of drug-likeness (QED) is 0.339. The van der Waals surface area contributed by atoms with Gasteiger partial charge in [0.25, 0.3) is 0 Å². The highest BCUT2D eigenvalue weighted by Gasteiger charge is 2.36. The SMILES string of the molecule is Oc1c2cccc(O)c2c(O)c2c3c(ccc12)=NC1(CCN(Cc2ccccc2)CC1)N=3. The van der Waals surface area contributed by atoms with E-state index in [0.29, 0.717) is 21.5 Å². The molecule has 4 aromatic rings. The summed E-state index contributed by atoms with van der Waals surface area (Å²) in [5, 5.41) is 35.2. The normalized spacial score (nSPS) is 17.4. The Balaban J connectivity index is 1.42. The maximum absolute atomic E-state index is 11.1. The van der Waals surface area contributed by atoms with Crippen molar-refractivity contribution in [2.45, 2.75) is 25.0 Å². The fourth-order valence-corrected chi connectivity index (χ4v) is 5.07. The predicted molar refractivity (Wildman–Crippen MR) is 122 cm³/mol.